The Bertz CT molecular complexity index is 1090. The first kappa shape index (κ1) is 23.8. The summed E-state index contributed by atoms with van der Waals surface area (Å²) in [6, 6.07) is 13.0. The van der Waals surface area contributed by atoms with Crippen LogP contribution in [0.4, 0.5) is 13.2 Å². The summed E-state index contributed by atoms with van der Waals surface area (Å²) in [7, 11) is 0. The Hall–Kier alpha value is -3.36. The predicted molar refractivity (Wildman–Crippen MR) is 120 cm³/mol. The molecule has 1 aliphatic heterocycles. The molecule has 0 N–H and O–H groups in total. The van der Waals surface area contributed by atoms with E-state index in [9.17, 15) is 18.0 Å². The number of aryl methyl sites for hydroxylation is 1. The Balaban J connectivity index is 1.23. The molecule has 34 heavy (non-hydrogen) atoms. The number of likely N-dealkylation sites (tertiary alicyclic amines) is 1. The van der Waals surface area contributed by atoms with Crippen molar-refractivity contribution in [2.45, 2.75) is 45.5 Å². The number of benzene rings is 1. The van der Waals surface area contributed by atoms with Crippen LogP contribution in [-0.4, -0.2) is 38.7 Å². The molecule has 3 heterocycles. The summed E-state index contributed by atoms with van der Waals surface area (Å²) in [5.41, 5.74) is 1.68. The fourth-order valence-electron chi connectivity index (χ4n) is 4.13. The van der Waals surface area contributed by atoms with E-state index in [0.717, 1.165) is 41.3 Å². The number of ether oxygens (including phenoxy) is 1. The maximum Gasteiger partial charge on any atom is 0.435 e. The highest BCUT2D eigenvalue weighted by molar-refractivity contribution is 5.76. The van der Waals surface area contributed by atoms with Crippen molar-refractivity contribution in [3.8, 4) is 5.75 Å². The summed E-state index contributed by atoms with van der Waals surface area (Å²) in [6.45, 7) is 3.06. The molecule has 0 unspecified atom stereocenters. The van der Waals surface area contributed by atoms with Gasteiger partial charge in [0, 0.05) is 31.2 Å². The van der Waals surface area contributed by atoms with Gasteiger partial charge in [-0.2, -0.15) is 18.3 Å². The van der Waals surface area contributed by atoms with Gasteiger partial charge in [0.15, 0.2) is 5.69 Å². The zero-order valence-electron chi connectivity index (χ0n) is 19.0. The minimum Gasteiger partial charge on any atom is -0.489 e. The van der Waals surface area contributed by atoms with E-state index in [1.165, 1.54) is 12.5 Å². The van der Waals surface area contributed by atoms with E-state index in [0.29, 0.717) is 31.3 Å². The maximum absolute atomic E-state index is 12.8. The standard InChI is InChI=1S/C25H27F3N4O2/c1-18-14-23(25(26,27)28)30-32(18)16-24(33)31-12-8-20(9-13-31)15-19-2-4-21(5-3-19)17-34-22-6-10-29-11-7-22/h2-7,10-11,14,20H,8-9,12-13,15-17H2,1H3. The molecular weight excluding hydrogens is 445 g/mol. The van der Waals surface area contributed by atoms with Crippen LogP contribution in [0.2, 0.25) is 0 Å². The number of alkyl halides is 3. The number of piperidine rings is 1. The number of rotatable bonds is 7. The Morgan fingerprint density at radius 1 is 1.06 bits per heavy atom. The first-order valence-corrected chi connectivity index (χ1v) is 11.3. The normalized spacial score (nSPS) is 14.9. The fraction of sp³-hybridized carbons (Fsp3) is 0.400. The number of aromatic nitrogens is 3. The van der Waals surface area contributed by atoms with Gasteiger partial charge in [-0.05, 0) is 61.4 Å². The van der Waals surface area contributed by atoms with Crippen molar-refractivity contribution in [2.24, 2.45) is 5.92 Å². The van der Waals surface area contributed by atoms with E-state index in [1.54, 1.807) is 17.3 Å². The minimum absolute atomic E-state index is 0.171. The Labute approximate surface area is 196 Å². The number of amides is 1. The van der Waals surface area contributed by atoms with Gasteiger partial charge in [-0.1, -0.05) is 24.3 Å². The third-order valence-corrected chi connectivity index (χ3v) is 6.13. The van der Waals surface area contributed by atoms with Gasteiger partial charge in [-0.25, -0.2) is 0 Å². The third kappa shape index (κ3) is 6.15. The molecule has 3 aromatic rings. The van der Waals surface area contributed by atoms with Crippen LogP contribution in [0.5, 0.6) is 5.75 Å². The molecular formula is C25H27F3N4O2. The summed E-state index contributed by atoms with van der Waals surface area (Å²) in [5.74, 6) is 1.05. The fourth-order valence-corrected chi connectivity index (χ4v) is 4.13. The van der Waals surface area contributed by atoms with Gasteiger partial charge in [-0.3, -0.25) is 14.5 Å². The second kappa shape index (κ2) is 10.3. The van der Waals surface area contributed by atoms with Crippen LogP contribution in [0.3, 0.4) is 0 Å². The van der Waals surface area contributed by atoms with E-state index in [4.69, 9.17) is 4.74 Å². The quantitative estimate of drug-likeness (QED) is 0.502. The summed E-state index contributed by atoms with van der Waals surface area (Å²) in [6.07, 6.45) is 1.54. The molecule has 0 aliphatic carbocycles. The molecule has 1 saturated heterocycles. The smallest absolute Gasteiger partial charge is 0.435 e. The molecule has 0 spiro atoms. The van der Waals surface area contributed by atoms with E-state index in [2.05, 4.69) is 34.3 Å². The van der Waals surface area contributed by atoms with Crippen molar-refractivity contribution in [3.05, 3.63) is 77.4 Å². The first-order valence-electron chi connectivity index (χ1n) is 11.3. The van der Waals surface area contributed by atoms with Crippen molar-refractivity contribution >= 4 is 5.91 Å². The number of hydrogen-bond donors (Lipinski definition) is 0. The molecule has 4 rings (SSSR count). The van der Waals surface area contributed by atoms with Crippen LogP contribution in [0.15, 0.2) is 54.9 Å². The van der Waals surface area contributed by atoms with Gasteiger partial charge in [0.05, 0.1) is 0 Å². The highest BCUT2D eigenvalue weighted by Gasteiger charge is 2.34. The van der Waals surface area contributed by atoms with Crippen molar-refractivity contribution < 1.29 is 22.7 Å². The van der Waals surface area contributed by atoms with Crippen molar-refractivity contribution in [1.29, 1.82) is 0 Å². The monoisotopic (exact) mass is 472 g/mol. The lowest BCUT2D eigenvalue weighted by molar-refractivity contribution is -0.142. The zero-order chi connectivity index (χ0) is 24.1. The Kier molecular flexibility index (Phi) is 7.19. The second-order valence-corrected chi connectivity index (χ2v) is 8.64. The average Bonchev–Trinajstić information content (AvgIpc) is 3.20. The molecule has 1 amide bonds. The lowest BCUT2D eigenvalue weighted by Gasteiger charge is -2.32. The molecule has 1 aliphatic rings. The van der Waals surface area contributed by atoms with Gasteiger partial charge in [0.25, 0.3) is 0 Å². The second-order valence-electron chi connectivity index (χ2n) is 8.64. The van der Waals surface area contributed by atoms with E-state index in [-0.39, 0.29) is 12.5 Å². The summed E-state index contributed by atoms with van der Waals surface area (Å²) in [4.78, 5) is 18.3. The van der Waals surface area contributed by atoms with Crippen LogP contribution in [0.1, 0.15) is 35.4 Å². The molecule has 1 aromatic carbocycles. The zero-order valence-corrected chi connectivity index (χ0v) is 19.0. The van der Waals surface area contributed by atoms with Crippen LogP contribution in [-0.2, 0) is 30.5 Å². The summed E-state index contributed by atoms with van der Waals surface area (Å²) in [5, 5.41) is 3.56. The van der Waals surface area contributed by atoms with Gasteiger partial charge in [-0.15, -0.1) is 0 Å². The number of pyridine rings is 1. The molecule has 180 valence electrons. The van der Waals surface area contributed by atoms with Gasteiger partial charge in [0.2, 0.25) is 5.91 Å². The van der Waals surface area contributed by atoms with Crippen LogP contribution in [0.25, 0.3) is 0 Å². The largest absolute Gasteiger partial charge is 0.489 e. The van der Waals surface area contributed by atoms with E-state index in [1.807, 2.05) is 12.1 Å². The lowest BCUT2D eigenvalue weighted by Crippen LogP contribution is -2.40. The van der Waals surface area contributed by atoms with E-state index >= 15 is 0 Å². The maximum atomic E-state index is 12.8. The molecule has 0 saturated carbocycles. The highest BCUT2D eigenvalue weighted by atomic mass is 19.4. The van der Waals surface area contributed by atoms with Gasteiger partial charge in [0.1, 0.15) is 18.9 Å². The summed E-state index contributed by atoms with van der Waals surface area (Å²) < 4.78 is 45.4. The lowest BCUT2D eigenvalue weighted by atomic mass is 9.90. The molecule has 2 aromatic heterocycles. The molecule has 9 heteroatoms. The molecule has 0 atom stereocenters. The third-order valence-electron chi connectivity index (χ3n) is 6.13. The minimum atomic E-state index is -4.51. The summed E-state index contributed by atoms with van der Waals surface area (Å²) >= 11 is 0. The van der Waals surface area contributed by atoms with Crippen LogP contribution in [0, 0.1) is 12.8 Å². The van der Waals surface area contributed by atoms with Crippen LogP contribution < -0.4 is 4.74 Å². The average molecular weight is 473 g/mol. The van der Waals surface area contributed by atoms with Gasteiger partial charge < -0.3 is 9.64 Å². The number of hydrogen-bond acceptors (Lipinski definition) is 4. The topological polar surface area (TPSA) is 60.2 Å². The Morgan fingerprint density at radius 3 is 2.32 bits per heavy atom. The van der Waals surface area contributed by atoms with Crippen LogP contribution >= 0.6 is 0 Å². The van der Waals surface area contributed by atoms with Crippen molar-refractivity contribution in [3.63, 3.8) is 0 Å². The number of carbonyl (C=O) groups is 1. The van der Waals surface area contributed by atoms with Gasteiger partial charge >= 0.3 is 6.18 Å². The first-order chi connectivity index (χ1) is 16.3. The SMILES string of the molecule is Cc1cc(C(F)(F)F)nn1CC(=O)N1CCC(Cc2ccc(COc3ccncc3)cc2)CC1. The molecule has 0 bridgehead atoms. The van der Waals surface area contributed by atoms with Crippen molar-refractivity contribution in [2.75, 3.05) is 13.1 Å². The van der Waals surface area contributed by atoms with E-state index < -0.39 is 11.9 Å². The Morgan fingerprint density at radius 2 is 1.71 bits per heavy atom. The predicted octanol–water partition coefficient (Wildman–Crippen LogP) is 4.67. The highest BCUT2D eigenvalue weighted by Crippen LogP contribution is 2.28. The number of nitrogens with zero attached hydrogens (tertiary/aromatic N) is 4. The van der Waals surface area contributed by atoms with Crippen molar-refractivity contribution in [1.82, 2.24) is 19.7 Å². The molecule has 6 nitrogen and oxygen atoms in total. The number of carbonyl (C=O) groups excluding carboxylic acids is 1. The molecule has 1 fully saturated rings. The number of halogens is 3. The molecule has 0 radical (unpaired) electrons.